The molecule has 2 nitrogen and oxygen atoms in total. The van der Waals surface area contributed by atoms with Crippen LogP contribution in [0.3, 0.4) is 0 Å². The molecule has 0 spiro atoms. The van der Waals surface area contributed by atoms with E-state index in [1.165, 1.54) is 12.1 Å². The van der Waals surface area contributed by atoms with E-state index in [4.69, 9.17) is 10.5 Å². The summed E-state index contributed by atoms with van der Waals surface area (Å²) in [7, 11) is 0. The van der Waals surface area contributed by atoms with Crippen molar-refractivity contribution in [2.45, 2.75) is 0 Å². The van der Waals surface area contributed by atoms with Gasteiger partial charge in [0.15, 0.2) is 5.82 Å². The highest BCUT2D eigenvalue weighted by molar-refractivity contribution is 5.42. The lowest BCUT2D eigenvalue weighted by molar-refractivity contribution is 0.534. The SMILES string of the molecule is N#Cc1c(F)cc(F)c(C#N)c1F. The molecule has 0 aliphatic rings. The maximum atomic E-state index is 12.9. The smallest absolute Gasteiger partial charge is 0.164 e. The lowest BCUT2D eigenvalue weighted by Crippen LogP contribution is -1.98. The van der Waals surface area contributed by atoms with Crippen molar-refractivity contribution in [3.8, 4) is 12.1 Å². The molecule has 0 atom stereocenters. The van der Waals surface area contributed by atoms with Crippen LogP contribution < -0.4 is 0 Å². The Hall–Kier alpha value is -2.01. The minimum atomic E-state index is -1.46. The van der Waals surface area contributed by atoms with Gasteiger partial charge in [-0.3, -0.25) is 0 Å². The molecule has 0 amide bonds. The molecule has 5 heteroatoms. The van der Waals surface area contributed by atoms with E-state index in [-0.39, 0.29) is 0 Å². The summed E-state index contributed by atoms with van der Waals surface area (Å²) in [4.78, 5) is 0. The Morgan fingerprint density at radius 1 is 0.923 bits per heavy atom. The molecule has 1 aromatic rings. The van der Waals surface area contributed by atoms with Gasteiger partial charge in [0.25, 0.3) is 0 Å². The molecule has 13 heavy (non-hydrogen) atoms. The third kappa shape index (κ3) is 1.32. The predicted molar refractivity (Wildman–Crippen MR) is 35.7 cm³/mol. The van der Waals surface area contributed by atoms with Gasteiger partial charge in [-0.05, 0) is 0 Å². The fourth-order valence-electron chi connectivity index (χ4n) is 0.795. The van der Waals surface area contributed by atoms with E-state index >= 15 is 0 Å². The predicted octanol–water partition coefficient (Wildman–Crippen LogP) is 1.85. The number of nitriles is 2. The van der Waals surface area contributed by atoms with Crippen molar-refractivity contribution in [3.05, 3.63) is 34.6 Å². The van der Waals surface area contributed by atoms with Gasteiger partial charge in [0.1, 0.15) is 34.9 Å². The van der Waals surface area contributed by atoms with E-state index in [1.54, 1.807) is 0 Å². The molecule has 0 fully saturated rings. The second-order valence-electron chi connectivity index (χ2n) is 2.13. The van der Waals surface area contributed by atoms with Crippen LogP contribution in [0.1, 0.15) is 11.1 Å². The average Bonchev–Trinajstić information content (AvgIpc) is 2.04. The lowest BCUT2D eigenvalue weighted by Gasteiger charge is -1.98. The first-order valence-electron chi connectivity index (χ1n) is 3.09. The van der Waals surface area contributed by atoms with E-state index < -0.39 is 28.6 Å². The van der Waals surface area contributed by atoms with E-state index in [0.29, 0.717) is 6.07 Å². The van der Waals surface area contributed by atoms with Crippen LogP contribution >= 0.6 is 0 Å². The summed E-state index contributed by atoms with van der Waals surface area (Å²) in [5.74, 6) is -4.07. The van der Waals surface area contributed by atoms with Gasteiger partial charge >= 0.3 is 0 Å². The fraction of sp³-hybridized carbons (Fsp3) is 0. The largest absolute Gasteiger partial charge is 0.205 e. The monoisotopic (exact) mass is 182 g/mol. The zero-order valence-electron chi connectivity index (χ0n) is 6.11. The van der Waals surface area contributed by atoms with Crippen LogP contribution in [-0.4, -0.2) is 0 Å². The Kier molecular flexibility index (Phi) is 2.21. The highest BCUT2D eigenvalue weighted by atomic mass is 19.1. The molecule has 0 radical (unpaired) electrons. The van der Waals surface area contributed by atoms with E-state index in [1.807, 2.05) is 0 Å². The fourth-order valence-corrected chi connectivity index (χ4v) is 0.795. The molecule has 0 aromatic heterocycles. The van der Waals surface area contributed by atoms with Crippen LogP contribution in [-0.2, 0) is 0 Å². The van der Waals surface area contributed by atoms with Crippen molar-refractivity contribution in [3.63, 3.8) is 0 Å². The van der Waals surface area contributed by atoms with Gasteiger partial charge in [-0.1, -0.05) is 0 Å². The van der Waals surface area contributed by atoms with E-state index in [9.17, 15) is 13.2 Å². The number of halogens is 3. The highest BCUT2D eigenvalue weighted by Gasteiger charge is 2.17. The van der Waals surface area contributed by atoms with E-state index in [0.717, 1.165) is 0 Å². The van der Waals surface area contributed by atoms with Crippen LogP contribution in [0.4, 0.5) is 13.2 Å². The summed E-state index contributed by atoms with van der Waals surface area (Å²) in [6.45, 7) is 0. The Labute approximate surface area is 71.4 Å². The van der Waals surface area contributed by atoms with Crippen molar-refractivity contribution >= 4 is 0 Å². The van der Waals surface area contributed by atoms with Crippen molar-refractivity contribution < 1.29 is 13.2 Å². The number of hydrogen-bond acceptors (Lipinski definition) is 2. The first kappa shape index (κ1) is 9.08. The van der Waals surface area contributed by atoms with Crippen LogP contribution in [0.5, 0.6) is 0 Å². The minimum absolute atomic E-state index is 0.306. The second kappa shape index (κ2) is 3.16. The van der Waals surface area contributed by atoms with Gasteiger partial charge in [-0.2, -0.15) is 10.5 Å². The summed E-state index contributed by atoms with van der Waals surface area (Å²) in [5, 5.41) is 16.5. The van der Waals surface area contributed by atoms with Crippen LogP contribution in [0, 0.1) is 40.1 Å². The van der Waals surface area contributed by atoms with Crippen LogP contribution in [0.2, 0.25) is 0 Å². The quantitative estimate of drug-likeness (QED) is 0.614. The number of rotatable bonds is 0. The molecule has 0 saturated heterocycles. The third-order valence-corrected chi connectivity index (χ3v) is 1.39. The maximum Gasteiger partial charge on any atom is 0.164 e. The molecule has 0 unspecified atom stereocenters. The summed E-state index contributed by atoms with van der Waals surface area (Å²) < 4.78 is 38.1. The molecule has 0 heterocycles. The first-order valence-corrected chi connectivity index (χ1v) is 3.09. The van der Waals surface area contributed by atoms with E-state index in [2.05, 4.69) is 0 Å². The molecule has 0 N–H and O–H groups in total. The Morgan fingerprint density at radius 3 is 1.62 bits per heavy atom. The summed E-state index contributed by atoms with van der Waals surface area (Å²) >= 11 is 0. The molecule has 0 bridgehead atoms. The standard InChI is InChI=1S/C8HF3N2/c9-6-1-7(10)5(3-13)8(11)4(6)2-12/h1H. The molecule has 0 aliphatic carbocycles. The molecule has 1 aromatic carbocycles. The molecular weight excluding hydrogens is 181 g/mol. The van der Waals surface area contributed by atoms with Crippen LogP contribution in [0.25, 0.3) is 0 Å². The maximum absolute atomic E-state index is 12.9. The average molecular weight is 182 g/mol. The summed E-state index contributed by atoms with van der Waals surface area (Å²) in [5.41, 5.74) is -1.89. The van der Waals surface area contributed by atoms with Gasteiger partial charge in [-0.15, -0.1) is 0 Å². The van der Waals surface area contributed by atoms with Crippen molar-refractivity contribution in [1.82, 2.24) is 0 Å². The number of benzene rings is 1. The molecule has 0 saturated carbocycles. The number of nitrogens with zero attached hydrogens (tertiary/aromatic N) is 2. The van der Waals surface area contributed by atoms with Gasteiger partial charge in [-0.25, -0.2) is 13.2 Å². The molecule has 0 aliphatic heterocycles. The molecule has 64 valence electrons. The molecular formula is C8HF3N2. The van der Waals surface area contributed by atoms with Gasteiger partial charge in [0.05, 0.1) is 0 Å². The highest BCUT2D eigenvalue weighted by Crippen LogP contribution is 2.18. The normalized spacial score (nSPS) is 9.00. The van der Waals surface area contributed by atoms with Crippen molar-refractivity contribution in [1.29, 1.82) is 10.5 Å². The third-order valence-electron chi connectivity index (χ3n) is 1.39. The number of hydrogen-bond donors (Lipinski definition) is 0. The zero-order chi connectivity index (χ0) is 10.0. The second-order valence-corrected chi connectivity index (χ2v) is 2.13. The van der Waals surface area contributed by atoms with Gasteiger partial charge < -0.3 is 0 Å². The van der Waals surface area contributed by atoms with Crippen LogP contribution in [0.15, 0.2) is 6.07 Å². The van der Waals surface area contributed by atoms with Gasteiger partial charge in [0, 0.05) is 6.07 Å². The first-order chi connectivity index (χ1) is 6.11. The van der Waals surface area contributed by atoms with Crippen molar-refractivity contribution in [2.75, 3.05) is 0 Å². The Morgan fingerprint density at radius 2 is 1.31 bits per heavy atom. The minimum Gasteiger partial charge on any atom is -0.205 e. The lowest BCUT2D eigenvalue weighted by atomic mass is 10.1. The molecule has 1 rings (SSSR count). The van der Waals surface area contributed by atoms with Crippen molar-refractivity contribution in [2.24, 2.45) is 0 Å². The Balaban J connectivity index is 3.63. The summed E-state index contributed by atoms with van der Waals surface area (Å²) in [6, 6.07) is 2.70. The Bertz CT molecular complexity index is 402. The summed E-state index contributed by atoms with van der Waals surface area (Å²) in [6.07, 6.45) is 0. The zero-order valence-corrected chi connectivity index (χ0v) is 6.11. The topological polar surface area (TPSA) is 47.6 Å². The van der Waals surface area contributed by atoms with Gasteiger partial charge in [0.2, 0.25) is 0 Å².